The number of urea groups is 1. The van der Waals surface area contributed by atoms with E-state index in [-0.39, 0.29) is 18.1 Å². The second-order valence-corrected chi connectivity index (χ2v) is 7.01. The van der Waals surface area contributed by atoms with Crippen LogP contribution in [-0.2, 0) is 4.74 Å². The topological polar surface area (TPSA) is 53.6 Å². The van der Waals surface area contributed by atoms with Crippen molar-refractivity contribution in [3.05, 3.63) is 71.3 Å². The monoisotopic (exact) mass is 367 g/mol. The fourth-order valence-corrected chi connectivity index (χ4v) is 3.61. The fourth-order valence-electron chi connectivity index (χ4n) is 3.61. The zero-order valence-corrected chi connectivity index (χ0v) is 16.2. The maximum atomic E-state index is 12.5. The highest BCUT2D eigenvalue weighted by Crippen LogP contribution is 2.21. The number of nitrogens with zero attached hydrogens (tertiary/aromatic N) is 1. The van der Waals surface area contributed by atoms with E-state index in [1.165, 1.54) is 11.1 Å². The molecule has 2 N–H and O–H groups in total. The van der Waals surface area contributed by atoms with Gasteiger partial charge in [-0.2, -0.15) is 0 Å². The van der Waals surface area contributed by atoms with Crippen molar-refractivity contribution in [2.24, 2.45) is 0 Å². The maximum absolute atomic E-state index is 12.5. The van der Waals surface area contributed by atoms with Gasteiger partial charge in [-0.05, 0) is 30.5 Å². The summed E-state index contributed by atoms with van der Waals surface area (Å²) in [6.45, 7) is 7.87. The molecule has 0 saturated carbocycles. The Morgan fingerprint density at radius 3 is 2.44 bits per heavy atom. The average Bonchev–Trinajstić information content (AvgIpc) is 2.70. The van der Waals surface area contributed by atoms with Gasteiger partial charge in [-0.1, -0.05) is 54.6 Å². The van der Waals surface area contributed by atoms with Crippen molar-refractivity contribution in [3.8, 4) is 0 Å². The smallest absolute Gasteiger partial charge is 0.315 e. The lowest BCUT2D eigenvalue weighted by molar-refractivity contribution is 0.0167. The summed E-state index contributed by atoms with van der Waals surface area (Å²) >= 11 is 0. The SMILES string of the molecule is Cc1ccccc1C(C)NC(=O)NCC(c1ccccc1)N1CCOCC1. The van der Waals surface area contributed by atoms with E-state index < -0.39 is 0 Å². The third-order valence-corrected chi connectivity index (χ3v) is 5.13. The molecule has 3 rings (SSSR count). The van der Waals surface area contributed by atoms with Gasteiger partial charge in [0.05, 0.1) is 25.3 Å². The van der Waals surface area contributed by atoms with E-state index in [2.05, 4.69) is 46.7 Å². The normalized spacial score (nSPS) is 17.1. The number of carbonyl (C=O) groups excluding carboxylic acids is 1. The average molecular weight is 367 g/mol. The zero-order chi connectivity index (χ0) is 19.1. The summed E-state index contributed by atoms with van der Waals surface area (Å²) in [5.74, 6) is 0. The Morgan fingerprint density at radius 1 is 1.07 bits per heavy atom. The number of nitrogens with one attached hydrogen (secondary N) is 2. The molecular weight excluding hydrogens is 338 g/mol. The Kier molecular flexibility index (Phi) is 6.85. The minimum atomic E-state index is -0.139. The molecule has 2 amide bonds. The van der Waals surface area contributed by atoms with Crippen molar-refractivity contribution < 1.29 is 9.53 Å². The number of aryl methyl sites for hydroxylation is 1. The molecular formula is C22H29N3O2. The van der Waals surface area contributed by atoms with E-state index in [0.29, 0.717) is 6.54 Å². The van der Waals surface area contributed by atoms with E-state index in [1.807, 2.05) is 37.3 Å². The summed E-state index contributed by atoms with van der Waals surface area (Å²) < 4.78 is 5.48. The lowest BCUT2D eigenvalue weighted by Crippen LogP contribution is -2.46. The van der Waals surface area contributed by atoms with Gasteiger partial charge in [-0.25, -0.2) is 4.79 Å². The third-order valence-electron chi connectivity index (χ3n) is 5.13. The van der Waals surface area contributed by atoms with Gasteiger partial charge in [-0.15, -0.1) is 0 Å². The van der Waals surface area contributed by atoms with Crippen LogP contribution in [0.2, 0.25) is 0 Å². The summed E-state index contributed by atoms with van der Waals surface area (Å²) in [6, 6.07) is 18.5. The highest BCUT2D eigenvalue weighted by Gasteiger charge is 2.23. The Bertz CT molecular complexity index is 729. The number of morpholine rings is 1. The molecule has 2 atom stereocenters. The molecule has 0 aromatic heterocycles. The first-order chi connectivity index (χ1) is 13.1. The zero-order valence-electron chi connectivity index (χ0n) is 16.2. The number of hydrogen-bond acceptors (Lipinski definition) is 3. The van der Waals surface area contributed by atoms with Crippen molar-refractivity contribution in [2.45, 2.75) is 25.9 Å². The Labute approximate surface area is 161 Å². The minimum absolute atomic E-state index is 0.0373. The lowest BCUT2D eigenvalue weighted by Gasteiger charge is -2.35. The molecule has 2 unspecified atom stereocenters. The summed E-state index contributed by atoms with van der Waals surface area (Å²) in [6.07, 6.45) is 0. The molecule has 1 saturated heterocycles. The van der Waals surface area contributed by atoms with Crippen LogP contribution in [0.5, 0.6) is 0 Å². The van der Waals surface area contributed by atoms with Gasteiger partial charge >= 0.3 is 6.03 Å². The van der Waals surface area contributed by atoms with E-state index in [1.54, 1.807) is 0 Å². The third kappa shape index (κ3) is 5.31. The molecule has 27 heavy (non-hydrogen) atoms. The molecule has 2 aromatic rings. The minimum Gasteiger partial charge on any atom is -0.379 e. The molecule has 1 fully saturated rings. The second-order valence-electron chi connectivity index (χ2n) is 7.01. The molecule has 0 bridgehead atoms. The predicted octanol–water partition coefficient (Wildman–Crippen LogP) is 3.43. The van der Waals surface area contributed by atoms with Gasteiger partial charge in [0.2, 0.25) is 0 Å². The molecule has 0 radical (unpaired) electrons. The fraction of sp³-hybridized carbons (Fsp3) is 0.409. The summed E-state index contributed by atoms with van der Waals surface area (Å²) in [4.78, 5) is 14.9. The molecule has 1 aliphatic heterocycles. The van der Waals surface area contributed by atoms with Crippen LogP contribution in [0.3, 0.4) is 0 Å². The highest BCUT2D eigenvalue weighted by molar-refractivity contribution is 5.74. The summed E-state index contributed by atoms with van der Waals surface area (Å²) in [5.41, 5.74) is 3.54. The van der Waals surface area contributed by atoms with E-state index in [0.717, 1.165) is 31.9 Å². The molecule has 0 spiro atoms. The molecule has 0 aliphatic carbocycles. The molecule has 5 heteroatoms. The first-order valence-electron chi connectivity index (χ1n) is 9.62. The van der Waals surface area contributed by atoms with Gasteiger partial charge in [0.15, 0.2) is 0 Å². The van der Waals surface area contributed by atoms with Gasteiger partial charge < -0.3 is 15.4 Å². The molecule has 2 aromatic carbocycles. The van der Waals surface area contributed by atoms with Crippen LogP contribution < -0.4 is 10.6 Å². The lowest BCUT2D eigenvalue weighted by atomic mass is 10.0. The van der Waals surface area contributed by atoms with Crippen LogP contribution >= 0.6 is 0 Å². The van der Waals surface area contributed by atoms with E-state index in [9.17, 15) is 4.79 Å². The number of rotatable bonds is 6. The molecule has 5 nitrogen and oxygen atoms in total. The van der Waals surface area contributed by atoms with E-state index in [4.69, 9.17) is 4.74 Å². The van der Waals surface area contributed by atoms with Crippen LogP contribution in [0.1, 0.15) is 35.7 Å². The van der Waals surface area contributed by atoms with Crippen LogP contribution in [0, 0.1) is 6.92 Å². The van der Waals surface area contributed by atoms with Crippen molar-refractivity contribution in [2.75, 3.05) is 32.8 Å². The van der Waals surface area contributed by atoms with Gasteiger partial charge in [0.1, 0.15) is 0 Å². The summed E-state index contributed by atoms with van der Waals surface area (Å²) in [5, 5.41) is 6.12. The maximum Gasteiger partial charge on any atom is 0.315 e. The molecule has 144 valence electrons. The van der Waals surface area contributed by atoms with Crippen LogP contribution in [0.4, 0.5) is 4.79 Å². The van der Waals surface area contributed by atoms with Gasteiger partial charge in [0, 0.05) is 19.6 Å². The van der Waals surface area contributed by atoms with Crippen molar-refractivity contribution in [1.29, 1.82) is 0 Å². The van der Waals surface area contributed by atoms with Crippen LogP contribution in [-0.4, -0.2) is 43.8 Å². The highest BCUT2D eigenvalue weighted by atomic mass is 16.5. The Morgan fingerprint density at radius 2 is 1.74 bits per heavy atom. The number of ether oxygens (including phenoxy) is 1. The quantitative estimate of drug-likeness (QED) is 0.822. The van der Waals surface area contributed by atoms with Crippen LogP contribution in [0.25, 0.3) is 0 Å². The Hall–Kier alpha value is -2.37. The standard InChI is InChI=1S/C22H29N3O2/c1-17-8-6-7-11-20(17)18(2)24-22(26)23-16-21(19-9-4-3-5-10-19)25-12-14-27-15-13-25/h3-11,18,21H,12-16H2,1-2H3,(H2,23,24,26). The largest absolute Gasteiger partial charge is 0.379 e. The van der Waals surface area contributed by atoms with Gasteiger partial charge in [0.25, 0.3) is 0 Å². The van der Waals surface area contributed by atoms with Crippen molar-refractivity contribution in [1.82, 2.24) is 15.5 Å². The number of carbonyl (C=O) groups is 1. The molecule has 1 aliphatic rings. The van der Waals surface area contributed by atoms with Gasteiger partial charge in [-0.3, -0.25) is 4.90 Å². The molecule has 1 heterocycles. The van der Waals surface area contributed by atoms with Crippen molar-refractivity contribution in [3.63, 3.8) is 0 Å². The predicted molar refractivity (Wildman–Crippen MR) is 108 cm³/mol. The Balaban J connectivity index is 1.61. The van der Waals surface area contributed by atoms with Crippen molar-refractivity contribution >= 4 is 6.03 Å². The number of hydrogen-bond donors (Lipinski definition) is 2. The second kappa shape index (κ2) is 9.53. The summed E-state index contributed by atoms with van der Waals surface area (Å²) in [7, 11) is 0. The van der Waals surface area contributed by atoms with E-state index >= 15 is 0 Å². The van der Waals surface area contributed by atoms with Crippen LogP contribution in [0.15, 0.2) is 54.6 Å². The number of amides is 2. The number of benzene rings is 2. The first kappa shape index (κ1) is 19.4. The first-order valence-corrected chi connectivity index (χ1v) is 9.62.